The number of nitrogens with one attached hydrogen (secondary N) is 2. The molecule has 2 N–H and O–H groups in total. The number of fused-ring (bicyclic) bond motifs is 1. The third-order valence-corrected chi connectivity index (χ3v) is 4.70. The van der Waals surface area contributed by atoms with E-state index in [0.717, 1.165) is 9.15 Å². The number of hydrogen-bond donors (Lipinski definition) is 2. The van der Waals surface area contributed by atoms with E-state index >= 15 is 0 Å². The summed E-state index contributed by atoms with van der Waals surface area (Å²) in [6, 6.07) is 4.56. The van der Waals surface area contributed by atoms with Crippen LogP contribution in [-0.4, -0.2) is 27.9 Å². The molecular formula is C17H18BrF3N4O. The standard InChI is InChI=1S/C17H18BrF3N4O/c1-9(2)23-16(26)12-8-22-25-14(17(19,20)21)7-13(24-15(12)25)10-3-5-11(18)6-4-10/h3-6,8-9,13-14,24H,7H2,1-2H3,(H,23,26). The first-order chi connectivity index (χ1) is 12.2. The van der Waals surface area contributed by atoms with Gasteiger partial charge in [-0.1, -0.05) is 28.1 Å². The van der Waals surface area contributed by atoms with Gasteiger partial charge in [-0.25, -0.2) is 4.68 Å². The smallest absolute Gasteiger partial charge is 0.363 e. The molecule has 0 saturated carbocycles. The maximum Gasteiger partial charge on any atom is 0.410 e. The fraction of sp³-hybridized carbons (Fsp3) is 0.412. The molecule has 3 rings (SSSR count). The second kappa shape index (κ2) is 6.94. The van der Waals surface area contributed by atoms with Crippen LogP contribution in [0, 0.1) is 0 Å². The Balaban J connectivity index is 2.01. The van der Waals surface area contributed by atoms with Crippen molar-refractivity contribution in [3.8, 4) is 0 Å². The number of alkyl halides is 3. The first kappa shape index (κ1) is 18.8. The van der Waals surface area contributed by atoms with E-state index < -0.39 is 24.2 Å². The van der Waals surface area contributed by atoms with E-state index in [2.05, 4.69) is 31.7 Å². The van der Waals surface area contributed by atoms with Gasteiger partial charge in [-0.15, -0.1) is 0 Å². The Morgan fingerprint density at radius 3 is 2.58 bits per heavy atom. The van der Waals surface area contributed by atoms with Crippen molar-refractivity contribution in [2.45, 2.75) is 44.6 Å². The van der Waals surface area contributed by atoms with Gasteiger partial charge in [-0.2, -0.15) is 18.3 Å². The van der Waals surface area contributed by atoms with Crippen molar-refractivity contribution in [2.75, 3.05) is 5.32 Å². The average molecular weight is 431 g/mol. The highest BCUT2D eigenvalue weighted by atomic mass is 79.9. The predicted molar refractivity (Wildman–Crippen MR) is 95.0 cm³/mol. The van der Waals surface area contributed by atoms with Crippen LogP contribution in [-0.2, 0) is 0 Å². The SMILES string of the molecule is CC(C)NC(=O)c1cnn2c1NC(c1ccc(Br)cc1)CC2C(F)(F)F. The monoisotopic (exact) mass is 430 g/mol. The van der Waals surface area contributed by atoms with Gasteiger partial charge in [0.05, 0.1) is 12.2 Å². The summed E-state index contributed by atoms with van der Waals surface area (Å²) in [5.41, 5.74) is 0.819. The number of amides is 1. The molecular weight excluding hydrogens is 413 g/mol. The maximum absolute atomic E-state index is 13.6. The largest absolute Gasteiger partial charge is 0.410 e. The minimum absolute atomic E-state index is 0.0876. The van der Waals surface area contributed by atoms with Crippen LogP contribution in [0.4, 0.5) is 19.0 Å². The molecule has 140 valence electrons. The molecule has 1 aliphatic rings. The fourth-order valence-corrected chi connectivity index (χ4v) is 3.25. The van der Waals surface area contributed by atoms with Gasteiger partial charge in [0, 0.05) is 16.9 Å². The van der Waals surface area contributed by atoms with Crippen molar-refractivity contribution in [3.05, 3.63) is 46.1 Å². The van der Waals surface area contributed by atoms with E-state index in [-0.39, 0.29) is 23.8 Å². The second-order valence-corrected chi connectivity index (χ2v) is 7.44. The molecule has 2 unspecified atom stereocenters. The highest BCUT2D eigenvalue weighted by Gasteiger charge is 2.47. The van der Waals surface area contributed by atoms with Gasteiger partial charge in [0.2, 0.25) is 0 Å². The summed E-state index contributed by atoms with van der Waals surface area (Å²) in [4.78, 5) is 12.3. The highest BCUT2D eigenvalue weighted by molar-refractivity contribution is 9.10. The van der Waals surface area contributed by atoms with Gasteiger partial charge in [-0.05, 0) is 31.5 Å². The quantitative estimate of drug-likeness (QED) is 0.756. The molecule has 0 fully saturated rings. The summed E-state index contributed by atoms with van der Waals surface area (Å²) >= 11 is 3.32. The summed E-state index contributed by atoms with van der Waals surface area (Å²) in [6.07, 6.45) is -3.49. The Kier molecular flexibility index (Phi) is 5.01. The zero-order valence-electron chi connectivity index (χ0n) is 14.1. The van der Waals surface area contributed by atoms with Gasteiger partial charge in [-0.3, -0.25) is 4.79 Å². The minimum Gasteiger partial charge on any atom is -0.363 e. The van der Waals surface area contributed by atoms with Crippen molar-refractivity contribution in [1.82, 2.24) is 15.1 Å². The number of rotatable bonds is 3. The number of carbonyl (C=O) groups excluding carboxylic acids is 1. The highest BCUT2D eigenvalue weighted by Crippen LogP contribution is 2.44. The zero-order chi connectivity index (χ0) is 19.1. The molecule has 5 nitrogen and oxygen atoms in total. The maximum atomic E-state index is 13.6. The molecule has 1 aromatic heterocycles. The molecule has 0 aliphatic carbocycles. The first-order valence-corrected chi connectivity index (χ1v) is 8.93. The van der Waals surface area contributed by atoms with Crippen LogP contribution in [0.3, 0.4) is 0 Å². The Labute approximate surface area is 157 Å². The van der Waals surface area contributed by atoms with Gasteiger partial charge in [0.15, 0.2) is 6.04 Å². The lowest BCUT2D eigenvalue weighted by atomic mass is 9.96. The summed E-state index contributed by atoms with van der Waals surface area (Å²) in [5, 5.41) is 9.59. The van der Waals surface area contributed by atoms with E-state index in [1.807, 2.05) is 0 Å². The van der Waals surface area contributed by atoms with Gasteiger partial charge < -0.3 is 10.6 Å². The van der Waals surface area contributed by atoms with E-state index in [1.54, 1.807) is 38.1 Å². The van der Waals surface area contributed by atoms with E-state index in [4.69, 9.17) is 0 Å². The average Bonchev–Trinajstić information content (AvgIpc) is 2.97. The second-order valence-electron chi connectivity index (χ2n) is 6.52. The van der Waals surface area contributed by atoms with Crippen LogP contribution in [0.15, 0.2) is 34.9 Å². The summed E-state index contributed by atoms with van der Waals surface area (Å²) in [7, 11) is 0. The molecule has 2 aromatic rings. The Morgan fingerprint density at radius 1 is 1.35 bits per heavy atom. The third kappa shape index (κ3) is 3.72. The van der Waals surface area contributed by atoms with Crippen LogP contribution in [0.5, 0.6) is 0 Å². The van der Waals surface area contributed by atoms with E-state index in [0.29, 0.717) is 5.56 Å². The minimum atomic E-state index is -4.47. The summed E-state index contributed by atoms with van der Waals surface area (Å²) < 4.78 is 42.5. The van der Waals surface area contributed by atoms with Gasteiger partial charge in [0.25, 0.3) is 5.91 Å². The van der Waals surface area contributed by atoms with Crippen LogP contribution < -0.4 is 10.6 Å². The molecule has 0 bridgehead atoms. The molecule has 1 aliphatic heterocycles. The lowest BCUT2D eigenvalue weighted by Crippen LogP contribution is -2.37. The Hall–Kier alpha value is -2.03. The van der Waals surface area contributed by atoms with Crippen LogP contribution in [0.25, 0.3) is 0 Å². The van der Waals surface area contributed by atoms with Crippen molar-refractivity contribution in [3.63, 3.8) is 0 Å². The van der Waals surface area contributed by atoms with E-state index in [9.17, 15) is 18.0 Å². The summed E-state index contributed by atoms with van der Waals surface area (Å²) in [5.74, 6) is -0.365. The van der Waals surface area contributed by atoms with Gasteiger partial charge in [0.1, 0.15) is 11.4 Å². The number of halogens is 4. The van der Waals surface area contributed by atoms with Crippen molar-refractivity contribution >= 4 is 27.7 Å². The molecule has 2 heterocycles. The van der Waals surface area contributed by atoms with Crippen LogP contribution in [0.1, 0.15) is 48.3 Å². The lowest BCUT2D eigenvalue weighted by molar-refractivity contribution is -0.173. The third-order valence-electron chi connectivity index (χ3n) is 4.18. The van der Waals surface area contributed by atoms with Crippen LogP contribution >= 0.6 is 15.9 Å². The van der Waals surface area contributed by atoms with E-state index in [1.165, 1.54) is 6.20 Å². The molecule has 1 amide bonds. The fourth-order valence-electron chi connectivity index (χ4n) is 2.98. The van der Waals surface area contributed by atoms with Crippen LogP contribution in [0.2, 0.25) is 0 Å². The molecule has 9 heteroatoms. The molecule has 0 radical (unpaired) electrons. The van der Waals surface area contributed by atoms with Crippen molar-refractivity contribution < 1.29 is 18.0 Å². The molecule has 1 aromatic carbocycles. The summed E-state index contributed by atoms with van der Waals surface area (Å²) in [6.45, 7) is 3.56. The van der Waals surface area contributed by atoms with Crippen molar-refractivity contribution in [2.24, 2.45) is 0 Å². The lowest BCUT2D eigenvalue weighted by Gasteiger charge is -2.34. The number of carbonyl (C=O) groups is 1. The number of hydrogen-bond acceptors (Lipinski definition) is 3. The number of nitrogens with zero attached hydrogens (tertiary/aromatic N) is 2. The number of benzene rings is 1. The normalized spacial score (nSPS) is 19.8. The number of aromatic nitrogens is 2. The zero-order valence-corrected chi connectivity index (χ0v) is 15.7. The predicted octanol–water partition coefficient (Wildman–Crippen LogP) is 4.44. The molecule has 26 heavy (non-hydrogen) atoms. The molecule has 0 spiro atoms. The Morgan fingerprint density at radius 2 is 2.00 bits per heavy atom. The number of anilines is 1. The Bertz CT molecular complexity index is 801. The molecule has 0 saturated heterocycles. The van der Waals surface area contributed by atoms with Crippen molar-refractivity contribution in [1.29, 1.82) is 0 Å². The topological polar surface area (TPSA) is 59.0 Å². The van der Waals surface area contributed by atoms with Gasteiger partial charge >= 0.3 is 6.18 Å². The molecule has 2 atom stereocenters. The first-order valence-electron chi connectivity index (χ1n) is 8.14.